The lowest BCUT2D eigenvalue weighted by atomic mass is 9.87. The molecule has 5 nitrogen and oxygen atoms in total. The molecule has 3 heterocycles. The molecular formula is C18H21N3O2S. The van der Waals surface area contributed by atoms with Crippen molar-refractivity contribution < 1.29 is 4.79 Å². The molecular weight excluding hydrogens is 322 g/mol. The summed E-state index contributed by atoms with van der Waals surface area (Å²) < 4.78 is 1.56. The molecule has 0 spiro atoms. The van der Waals surface area contributed by atoms with Gasteiger partial charge in [-0.3, -0.25) is 9.59 Å². The van der Waals surface area contributed by atoms with Crippen molar-refractivity contribution in [1.29, 1.82) is 0 Å². The van der Waals surface area contributed by atoms with Gasteiger partial charge in [0.2, 0.25) is 5.91 Å². The Morgan fingerprint density at radius 3 is 2.62 bits per heavy atom. The Labute approximate surface area is 144 Å². The summed E-state index contributed by atoms with van der Waals surface area (Å²) in [5.41, 5.74) is 0.728. The monoisotopic (exact) mass is 343 g/mol. The average molecular weight is 343 g/mol. The zero-order chi connectivity index (χ0) is 16.5. The fraction of sp³-hybridized carbons (Fsp3) is 0.500. The predicted octanol–water partition coefficient (Wildman–Crippen LogP) is 2.94. The van der Waals surface area contributed by atoms with Crippen molar-refractivity contribution in [3.8, 4) is 10.6 Å². The minimum absolute atomic E-state index is 0.00459. The van der Waals surface area contributed by atoms with Gasteiger partial charge < -0.3 is 4.90 Å². The molecule has 0 atom stereocenters. The summed E-state index contributed by atoms with van der Waals surface area (Å²) in [6.45, 7) is 1.21. The fourth-order valence-electron chi connectivity index (χ4n) is 3.64. The summed E-state index contributed by atoms with van der Waals surface area (Å²) in [6, 6.07) is 7.33. The topological polar surface area (TPSA) is 55.2 Å². The molecule has 4 rings (SSSR count). The largest absolute Gasteiger partial charge is 0.338 e. The highest BCUT2D eigenvalue weighted by molar-refractivity contribution is 7.13. The molecule has 0 N–H and O–H groups in total. The van der Waals surface area contributed by atoms with Crippen LogP contribution in [0.2, 0.25) is 0 Å². The molecule has 1 saturated carbocycles. The van der Waals surface area contributed by atoms with Crippen LogP contribution in [0.25, 0.3) is 10.6 Å². The van der Waals surface area contributed by atoms with Gasteiger partial charge in [-0.05, 0) is 30.4 Å². The number of likely N-dealkylation sites (tertiary alicyclic amines) is 1. The summed E-state index contributed by atoms with van der Waals surface area (Å²) >= 11 is 1.61. The van der Waals surface area contributed by atoms with Crippen LogP contribution in [0, 0.1) is 5.92 Å². The third-order valence-corrected chi connectivity index (χ3v) is 5.97. The normalized spacial score (nSPS) is 19.2. The maximum atomic E-state index is 12.5. The Kier molecular flexibility index (Phi) is 4.22. The van der Waals surface area contributed by atoms with Crippen molar-refractivity contribution in [3.05, 3.63) is 40.0 Å². The van der Waals surface area contributed by atoms with Crippen LogP contribution >= 0.6 is 11.3 Å². The second kappa shape index (κ2) is 6.51. The molecule has 1 aliphatic heterocycles. The van der Waals surface area contributed by atoms with E-state index in [1.165, 1.54) is 6.42 Å². The SMILES string of the molecule is O=C(C1CCCCC1)N1CC(n2nc(-c3cccs3)ccc2=O)C1. The molecule has 126 valence electrons. The molecule has 0 bridgehead atoms. The Morgan fingerprint density at radius 1 is 1.12 bits per heavy atom. The number of carbonyl (C=O) groups excluding carboxylic acids is 1. The lowest BCUT2D eigenvalue weighted by Crippen LogP contribution is -2.55. The van der Waals surface area contributed by atoms with Crippen LogP contribution in [-0.4, -0.2) is 33.7 Å². The lowest BCUT2D eigenvalue weighted by Gasteiger charge is -2.41. The number of rotatable bonds is 3. The first-order chi connectivity index (χ1) is 11.7. The van der Waals surface area contributed by atoms with Crippen LogP contribution in [0.15, 0.2) is 34.4 Å². The molecule has 2 fully saturated rings. The van der Waals surface area contributed by atoms with E-state index < -0.39 is 0 Å². The summed E-state index contributed by atoms with van der Waals surface area (Å²) in [7, 11) is 0. The van der Waals surface area contributed by atoms with Gasteiger partial charge in [0.25, 0.3) is 5.56 Å². The van der Waals surface area contributed by atoms with Crippen molar-refractivity contribution in [1.82, 2.24) is 14.7 Å². The highest BCUT2D eigenvalue weighted by Gasteiger charge is 2.36. The molecule has 2 aliphatic rings. The highest BCUT2D eigenvalue weighted by Crippen LogP contribution is 2.29. The maximum absolute atomic E-state index is 12.5. The van der Waals surface area contributed by atoms with Crippen LogP contribution < -0.4 is 5.56 Å². The van der Waals surface area contributed by atoms with Gasteiger partial charge in [0.15, 0.2) is 0 Å². The van der Waals surface area contributed by atoms with Crippen molar-refractivity contribution in [3.63, 3.8) is 0 Å². The van der Waals surface area contributed by atoms with Crippen LogP contribution in [-0.2, 0) is 4.79 Å². The summed E-state index contributed by atoms with van der Waals surface area (Å²) in [4.78, 5) is 27.6. The number of aromatic nitrogens is 2. The first kappa shape index (κ1) is 15.6. The van der Waals surface area contributed by atoms with E-state index in [-0.39, 0.29) is 23.4 Å². The van der Waals surface area contributed by atoms with Crippen LogP contribution in [0.3, 0.4) is 0 Å². The fourth-order valence-corrected chi connectivity index (χ4v) is 4.33. The van der Waals surface area contributed by atoms with E-state index in [0.717, 1.165) is 36.3 Å². The first-order valence-electron chi connectivity index (χ1n) is 8.65. The van der Waals surface area contributed by atoms with Crippen molar-refractivity contribution >= 4 is 17.2 Å². The quantitative estimate of drug-likeness (QED) is 0.861. The van der Waals surface area contributed by atoms with Gasteiger partial charge in [0, 0.05) is 25.1 Å². The van der Waals surface area contributed by atoms with Gasteiger partial charge >= 0.3 is 0 Å². The molecule has 24 heavy (non-hydrogen) atoms. The van der Waals surface area contributed by atoms with Gasteiger partial charge in [0.05, 0.1) is 10.9 Å². The maximum Gasteiger partial charge on any atom is 0.267 e. The summed E-state index contributed by atoms with van der Waals surface area (Å²) in [6.07, 6.45) is 5.62. The number of carbonyl (C=O) groups is 1. The molecule has 1 aliphatic carbocycles. The molecule has 2 aromatic heterocycles. The Bertz CT molecular complexity index is 772. The van der Waals surface area contributed by atoms with E-state index in [2.05, 4.69) is 5.10 Å². The zero-order valence-corrected chi connectivity index (χ0v) is 14.4. The van der Waals surface area contributed by atoms with Gasteiger partial charge in [-0.25, -0.2) is 4.68 Å². The van der Waals surface area contributed by atoms with Gasteiger partial charge in [-0.15, -0.1) is 11.3 Å². The molecule has 0 radical (unpaired) electrons. The molecule has 0 unspecified atom stereocenters. The predicted molar refractivity (Wildman–Crippen MR) is 94.0 cm³/mol. The molecule has 1 amide bonds. The Morgan fingerprint density at radius 2 is 1.92 bits per heavy atom. The standard InChI is InChI=1S/C18H21N3O2S/c22-17-9-8-15(16-7-4-10-24-16)19-21(17)14-11-20(12-14)18(23)13-5-2-1-3-6-13/h4,7-10,13-14H,1-3,5-6,11-12H2. The number of hydrogen-bond donors (Lipinski definition) is 0. The van der Waals surface area contributed by atoms with Gasteiger partial charge in [-0.1, -0.05) is 25.3 Å². The van der Waals surface area contributed by atoms with E-state index in [4.69, 9.17) is 0 Å². The van der Waals surface area contributed by atoms with E-state index in [9.17, 15) is 9.59 Å². The van der Waals surface area contributed by atoms with Crippen molar-refractivity contribution in [2.45, 2.75) is 38.1 Å². The number of thiophene rings is 1. The molecule has 6 heteroatoms. The van der Waals surface area contributed by atoms with E-state index in [0.29, 0.717) is 13.1 Å². The Balaban J connectivity index is 1.46. The molecule has 1 saturated heterocycles. The minimum atomic E-state index is -0.0925. The van der Waals surface area contributed by atoms with Crippen molar-refractivity contribution in [2.75, 3.05) is 13.1 Å². The summed E-state index contributed by atoms with van der Waals surface area (Å²) in [5.74, 6) is 0.468. The van der Waals surface area contributed by atoms with E-state index in [1.807, 2.05) is 22.4 Å². The second-order valence-corrected chi connectivity index (χ2v) is 7.66. The molecule has 0 aromatic carbocycles. The molecule has 2 aromatic rings. The van der Waals surface area contributed by atoms with Crippen LogP contribution in [0.1, 0.15) is 38.1 Å². The second-order valence-electron chi connectivity index (χ2n) is 6.71. The number of nitrogens with zero attached hydrogens (tertiary/aromatic N) is 3. The number of amides is 1. The first-order valence-corrected chi connectivity index (χ1v) is 9.53. The van der Waals surface area contributed by atoms with Gasteiger partial charge in [-0.2, -0.15) is 5.10 Å². The highest BCUT2D eigenvalue weighted by atomic mass is 32.1. The summed E-state index contributed by atoms with van der Waals surface area (Å²) in [5, 5.41) is 6.52. The zero-order valence-electron chi connectivity index (χ0n) is 13.6. The van der Waals surface area contributed by atoms with Crippen LogP contribution in [0.5, 0.6) is 0 Å². The van der Waals surface area contributed by atoms with Crippen LogP contribution in [0.4, 0.5) is 0 Å². The lowest BCUT2D eigenvalue weighted by molar-refractivity contribution is -0.142. The van der Waals surface area contributed by atoms with Crippen molar-refractivity contribution in [2.24, 2.45) is 5.92 Å². The van der Waals surface area contributed by atoms with E-state index in [1.54, 1.807) is 28.2 Å². The Hall–Kier alpha value is -1.95. The van der Waals surface area contributed by atoms with E-state index >= 15 is 0 Å². The minimum Gasteiger partial charge on any atom is -0.338 e. The third-order valence-electron chi connectivity index (χ3n) is 5.07. The van der Waals surface area contributed by atoms with Gasteiger partial charge in [0.1, 0.15) is 5.69 Å². The smallest absolute Gasteiger partial charge is 0.267 e. The average Bonchev–Trinajstić information content (AvgIpc) is 3.10. The number of hydrogen-bond acceptors (Lipinski definition) is 4. The third kappa shape index (κ3) is 2.90.